The van der Waals surface area contributed by atoms with Crippen molar-refractivity contribution in [1.82, 2.24) is 19.9 Å². The Morgan fingerprint density at radius 3 is 2.31 bits per heavy atom. The van der Waals surface area contributed by atoms with E-state index in [9.17, 15) is 28.3 Å². The lowest BCUT2D eigenvalue weighted by Gasteiger charge is -2.32. The highest BCUT2D eigenvalue weighted by Gasteiger charge is 2.29. The average molecular weight is 726 g/mol. The molecule has 0 radical (unpaired) electrons. The van der Waals surface area contributed by atoms with Crippen LogP contribution < -0.4 is 20.4 Å². The fraction of sp³-hybridized carbons (Fsp3) is 0.135. The monoisotopic (exact) mass is 725 g/mol. The van der Waals surface area contributed by atoms with E-state index in [0.717, 1.165) is 29.0 Å². The van der Waals surface area contributed by atoms with Crippen molar-refractivity contribution in [3.63, 3.8) is 0 Å². The number of aliphatic carboxylic acids is 1. The summed E-state index contributed by atoms with van der Waals surface area (Å²) in [6.07, 6.45) is 4.48. The molecule has 0 spiro atoms. The van der Waals surface area contributed by atoms with Gasteiger partial charge >= 0.3 is 5.97 Å². The van der Waals surface area contributed by atoms with Gasteiger partial charge in [-0.15, -0.1) is 0 Å². The second-order valence-corrected chi connectivity index (χ2v) is 12.5. The van der Waals surface area contributed by atoms with Gasteiger partial charge < -0.3 is 29.8 Å². The summed E-state index contributed by atoms with van der Waals surface area (Å²) >= 11 is -3.09. The number of aryl methyl sites for hydroxylation is 2. The second-order valence-electron chi connectivity index (χ2n) is 11.7. The van der Waals surface area contributed by atoms with E-state index < -0.39 is 63.7 Å². The van der Waals surface area contributed by atoms with Gasteiger partial charge in [-0.2, -0.15) is 0 Å². The predicted molar refractivity (Wildman–Crippen MR) is 191 cm³/mol. The van der Waals surface area contributed by atoms with Crippen LogP contribution in [-0.2, 0) is 35.6 Å². The number of hydrogen-bond donors (Lipinski definition) is 4. The Balaban J connectivity index is 1.31. The minimum atomic E-state index is -3.09. The molecule has 0 aliphatic rings. The van der Waals surface area contributed by atoms with E-state index in [4.69, 9.17) is 0 Å². The van der Waals surface area contributed by atoms with Crippen LogP contribution in [0.4, 0.5) is 20.4 Å². The number of halogens is 2. The number of anilines is 2. The third kappa shape index (κ3) is 7.75. The van der Waals surface area contributed by atoms with Crippen LogP contribution in [0.5, 0.6) is 0 Å². The first-order chi connectivity index (χ1) is 25.1. The molecule has 52 heavy (non-hydrogen) atoms. The molecule has 2 aromatic heterocycles. The molecule has 0 fully saturated rings. The summed E-state index contributed by atoms with van der Waals surface area (Å²) in [5, 5.41) is 14.8. The lowest BCUT2D eigenvalue weighted by Crippen LogP contribution is -2.50. The lowest BCUT2D eigenvalue weighted by molar-refractivity contribution is -0.138. The molecular weight excluding hydrogens is 695 g/mol. The summed E-state index contributed by atoms with van der Waals surface area (Å²) in [5.41, 5.74) is 0.394. The van der Waals surface area contributed by atoms with Crippen LogP contribution in [0.15, 0.2) is 114 Å². The zero-order valence-electron chi connectivity index (χ0n) is 27.3. The number of carbonyl (C=O) groups excluding carboxylic acids is 1. The summed E-state index contributed by atoms with van der Waals surface area (Å²) in [6, 6.07) is 23.6. The normalized spacial score (nSPS) is 12.3. The number of nitrogens with one attached hydrogen (secondary N) is 3. The number of carboxylic acids is 1. The van der Waals surface area contributed by atoms with Gasteiger partial charge in [0.1, 0.15) is 11.4 Å². The van der Waals surface area contributed by atoms with Gasteiger partial charge in [-0.1, -0.05) is 72.8 Å². The molecule has 4 aromatic carbocycles. The number of pyridine rings is 1. The molecule has 6 rings (SSSR count). The van der Waals surface area contributed by atoms with E-state index in [0.29, 0.717) is 10.7 Å². The number of benzene rings is 4. The quantitative estimate of drug-likeness (QED) is 0.114. The summed E-state index contributed by atoms with van der Waals surface area (Å²) < 4.78 is 58.2. The fourth-order valence-electron chi connectivity index (χ4n) is 5.81. The molecule has 2 atom stereocenters. The second kappa shape index (κ2) is 15.8. The van der Waals surface area contributed by atoms with Gasteiger partial charge in [0, 0.05) is 54.2 Å². The van der Waals surface area contributed by atoms with Crippen molar-refractivity contribution in [2.45, 2.75) is 25.6 Å². The number of carbonyl (C=O) groups is 2. The van der Waals surface area contributed by atoms with Gasteiger partial charge in [-0.3, -0.25) is 18.1 Å². The third-order valence-electron chi connectivity index (χ3n) is 8.42. The summed E-state index contributed by atoms with van der Waals surface area (Å²) in [4.78, 5) is 46.4. The zero-order chi connectivity index (χ0) is 36.8. The number of nitrogens with zero attached hydrogens (tertiary/aromatic N) is 3. The maximum atomic E-state index is 16.1. The first kappa shape index (κ1) is 35.6. The molecule has 1 amide bonds. The van der Waals surface area contributed by atoms with E-state index >= 15 is 8.78 Å². The first-order valence-electron chi connectivity index (χ1n) is 16.0. The van der Waals surface area contributed by atoms with Gasteiger partial charge in [-0.25, -0.2) is 18.6 Å². The Bertz CT molecular complexity index is 2290. The van der Waals surface area contributed by atoms with Crippen LogP contribution in [0.3, 0.4) is 0 Å². The number of aromatic amines is 1. The van der Waals surface area contributed by atoms with Crippen LogP contribution in [-0.4, -0.2) is 52.9 Å². The molecule has 0 saturated heterocycles. The van der Waals surface area contributed by atoms with Crippen LogP contribution >= 0.6 is 0 Å². The van der Waals surface area contributed by atoms with Crippen LogP contribution in [0.25, 0.3) is 22.0 Å². The number of fused-ring (bicyclic) bond motifs is 1. The molecule has 0 bridgehead atoms. The highest BCUT2D eigenvalue weighted by atomic mass is 32.2. The SMILES string of the molecule is O=C(NCC(C(=O)O)N(c1ccc(-c2ccccc2)cc1)S(=O)[O-])c1cn(CCc2ccccc2)c2c(F)c(CNc3ncc[nH]3)c(F)cc2c1=O. The predicted octanol–water partition coefficient (Wildman–Crippen LogP) is 5.01. The van der Waals surface area contributed by atoms with E-state index in [-0.39, 0.29) is 35.8 Å². The zero-order valence-corrected chi connectivity index (χ0v) is 28.1. The smallest absolute Gasteiger partial charge is 0.329 e. The van der Waals surface area contributed by atoms with E-state index in [1.807, 2.05) is 60.7 Å². The van der Waals surface area contributed by atoms with Gasteiger partial charge in [0.05, 0.1) is 17.4 Å². The number of amides is 1. The number of imidazole rings is 1. The molecule has 0 aliphatic heterocycles. The molecule has 2 heterocycles. The van der Waals surface area contributed by atoms with Crippen molar-refractivity contribution in [3.8, 4) is 11.1 Å². The molecular formula is C37H31F2N6O6S-. The molecule has 0 saturated carbocycles. The standard InChI is InChI=1S/C37H32F2N6O6S/c38-30-19-27-33(32(39)28(30)20-43-37-40-16-17-41-37)44(18-15-23-7-3-1-4-8-23)22-29(34(27)46)35(47)42-21-31(36(48)49)45(52(50)51)26-13-11-25(12-14-26)24-9-5-2-6-10-24/h1-14,16-17,19,22,31H,15,18,20-21H2,(H,42,47)(H,48,49)(H,50,51)(H2,40,41,43)/p-1. The fourth-order valence-corrected chi connectivity index (χ4v) is 6.48. The van der Waals surface area contributed by atoms with Crippen molar-refractivity contribution in [3.05, 3.63) is 148 Å². The van der Waals surface area contributed by atoms with Crippen LogP contribution in [0, 0.1) is 11.6 Å². The third-order valence-corrected chi connectivity index (χ3v) is 9.21. The maximum absolute atomic E-state index is 16.1. The van der Waals surface area contributed by atoms with Gasteiger partial charge in [-0.05, 0) is 41.3 Å². The summed E-state index contributed by atoms with van der Waals surface area (Å²) in [5.74, 6) is -4.41. The Morgan fingerprint density at radius 1 is 1.00 bits per heavy atom. The number of hydrogen-bond acceptors (Lipinski definition) is 7. The summed E-state index contributed by atoms with van der Waals surface area (Å²) in [6.45, 7) is -0.974. The molecule has 12 nitrogen and oxygen atoms in total. The number of H-pyrrole nitrogens is 1. The maximum Gasteiger partial charge on any atom is 0.329 e. The number of carboxylic acid groups (broad SMARTS) is 1. The van der Waals surface area contributed by atoms with E-state index in [2.05, 4.69) is 20.6 Å². The Hall–Kier alpha value is -6.19. The Labute approximate surface area is 298 Å². The molecule has 15 heteroatoms. The van der Waals surface area contributed by atoms with Crippen molar-refractivity contribution in [1.29, 1.82) is 0 Å². The minimum absolute atomic E-state index is 0.0203. The van der Waals surface area contributed by atoms with Crippen molar-refractivity contribution in [2.24, 2.45) is 0 Å². The van der Waals surface area contributed by atoms with Crippen molar-refractivity contribution in [2.75, 3.05) is 16.2 Å². The molecule has 0 aliphatic carbocycles. The highest BCUT2D eigenvalue weighted by Crippen LogP contribution is 2.26. The molecule has 6 aromatic rings. The largest absolute Gasteiger partial charge is 0.755 e. The molecule has 266 valence electrons. The van der Waals surface area contributed by atoms with Gasteiger partial charge in [0.15, 0.2) is 17.8 Å². The lowest BCUT2D eigenvalue weighted by atomic mass is 10.0. The number of aromatic nitrogens is 3. The van der Waals surface area contributed by atoms with Crippen molar-refractivity contribution < 1.29 is 32.2 Å². The van der Waals surface area contributed by atoms with E-state index in [1.54, 1.807) is 12.1 Å². The van der Waals surface area contributed by atoms with Crippen LogP contribution in [0.1, 0.15) is 21.5 Å². The number of rotatable bonds is 14. The Kier molecular flexibility index (Phi) is 10.8. The Morgan fingerprint density at radius 2 is 1.67 bits per heavy atom. The van der Waals surface area contributed by atoms with Crippen molar-refractivity contribution >= 4 is 45.7 Å². The minimum Gasteiger partial charge on any atom is -0.755 e. The summed E-state index contributed by atoms with van der Waals surface area (Å²) in [7, 11) is 0. The van der Waals surface area contributed by atoms with Gasteiger partial charge in [0.2, 0.25) is 5.43 Å². The van der Waals surface area contributed by atoms with E-state index in [1.165, 1.54) is 29.1 Å². The van der Waals surface area contributed by atoms with Crippen LogP contribution in [0.2, 0.25) is 0 Å². The molecule has 2 unspecified atom stereocenters. The topological polar surface area (TPSA) is 172 Å². The average Bonchev–Trinajstić information content (AvgIpc) is 3.67. The van der Waals surface area contributed by atoms with Gasteiger partial charge in [0.25, 0.3) is 5.91 Å². The highest BCUT2D eigenvalue weighted by molar-refractivity contribution is 7.80. The first-order valence-corrected chi connectivity index (χ1v) is 17.0. The molecule has 4 N–H and O–H groups in total.